The molecule has 7 nitrogen and oxygen atoms in total. The third-order valence-electron chi connectivity index (χ3n) is 6.38. The van der Waals surface area contributed by atoms with Crippen LogP contribution in [0.25, 0.3) is 5.57 Å². The number of hydrogen-bond donors (Lipinski definition) is 2. The molecule has 1 fully saturated rings. The van der Waals surface area contributed by atoms with Gasteiger partial charge in [-0.2, -0.15) is 13.2 Å². The fraction of sp³-hybridized carbons (Fsp3) is 0.464. The summed E-state index contributed by atoms with van der Waals surface area (Å²) < 4.78 is 74.1. The quantitative estimate of drug-likeness (QED) is 0.226. The molecule has 1 aromatic rings. The lowest BCUT2D eigenvalue weighted by molar-refractivity contribution is -0.148. The van der Waals surface area contributed by atoms with Crippen molar-refractivity contribution in [2.45, 2.75) is 51.8 Å². The number of likely N-dealkylation sites (tertiary alicyclic amines) is 1. The topological polar surface area (TPSA) is 92.3 Å². The van der Waals surface area contributed by atoms with E-state index in [1.165, 1.54) is 26.4 Å². The van der Waals surface area contributed by atoms with E-state index in [1.54, 1.807) is 45.0 Å². The highest BCUT2D eigenvalue weighted by atomic mass is 19.4. The van der Waals surface area contributed by atoms with Gasteiger partial charge >= 0.3 is 6.18 Å². The Morgan fingerprint density at radius 1 is 1.25 bits per heavy atom. The van der Waals surface area contributed by atoms with Gasteiger partial charge < -0.3 is 20.7 Å². The van der Waals surface area contributed by atoms with E-state index >= 15 is 0 Å². The molecular weight excluding hydrogens is 533 g/mol. The number of halogens is 5. The smallest absolute Gasteiger partial charge is 0.417 e. The van der Waals surface area contributed by atoms with E-state index in [4.69, 9.17) is 10.5 Å². The van der Waals surface area contributed by atoms with Crippen molar-refractivity contribution in [2.24, 2.45) is 21.6 Å². The Balaban J connectivity index is 2.38. The molecule has 0 aromatic heterocycles. The Hall–Kier alpha value is -3.70. The van der Waals surface area contributed by atoms with Gasteiger partial charge in [-0.05, 0) is 43.0 Å². The van der Waals surface area contributed by atoms with Gasteiger partial charge in [0.2, 0.25) is 0 Å². The van der Waals surface area contributed by atoms with Crippen molar-refractivity contribution in [3.8, 4) is 5.75 Å². The first-order chi connectivity index (χ1) is 18.8. The molecule has 3 N–H and O–H groups in total. The average molecular weight is 570 g/mol. The number of alkyl halides is 5. The van der Waals surface area contributed by atoms with Crippen molar-refractivity contribution in [3.63, 3.8) is 0 Å². The molecule has 1 aromatic carbocycles. The fourth-order valence-corrected chi connectivity index (χ4v) is 4.38. The van der Waals surface area contributed by atoms with Crippen molar-refractivity contribution in [1.29, 1.82) is 0 Å². The molecule has 2 atom stereocenters. The molecule has 0 bridgehead atoms. The van der Waals surface area contributed by atoms with Crippen LogP contribution in [0.15, 0.2) is 63.5 Å². The summed E-state index contributed by atoms with van der Waals surface area (Å²) >= 11 is 0. The molecule has 40 heavy (non-hydrogen) atoms. The van der Waals surface area contributed by atoms with E-state index in [1.807, 2.05) is 0 Å². The number of nitrogens with two attached hydrogens (primary N) is 1. The molecule has 1 heterocycles. The molecule has 0 aliphatic carbocycles. The molecule has 1 saturated heterocycles. The van der Waals surface area contributed by atoms with Crippen LogP contribution < -0.4 is 15.8 Å². The molecule has 0 radical (unpaired) electrons. The Bertz CT molecular complexity index is 1170. The number of nitrogens with zero attached hydrogens (tertiary/aromatic N) is 3. The largest absolute Gasteiger partial charge is 0.497 e. The SMILES string of the molecule is C\C=C(/N=C\C(=C/CC)C(F)(F)F)NCC1C(C)CC(F)(F)CN1C(=O)C(N)=C(C=NC)c1ccc(OC)cc1. The van der Waals surface area contributed by atoms with E-state index in [2.05, 4.69) is 15.3 Å². The second-order valence-electron chi connectivity index (χ2n) is 9.36. The maximum atomic E-state index is 14.7. The van der Waals surface area contributed by atoms with Crippen LogP contribution in [-0.2, 0) is 4.79 Å². The number of nitrogens with one attached hydrogen (secondary N) is 1. The number of methoxy groups -OCH3 is 1. The van der Waals surface area contributed by atoms with Crippen LogP contribution in [0.2, 0.25) is 0 Å². The van der Waals surface area contributed by atoms with Crippen molar-refractivity contribution in [3.05, 3.63) is 59.1 Å². The third kappa shape index (κ3) is 8.65. The number of hydrogen-bond acceptors (Lipinski definition) is 6. The first kappa shape index (κ1) is 32.5. The molecular formula is C28H36F5N5O2. The summed E-state index contributed by atoms with van der Waals surface area (Å²) in [6.07, 6.45) is -0.322. The van der Waals surface area contributed by atoms with E-state index in [9.17, 15) is 26.7 Å². The van der Waals surface area contributed by atoms with Gasteiger partial charge in [-0.1, -0.05) is 32.1 Å². The summed E-state index contributed by atoms with van der Waals surface area (Å²) in [6, 6.07) is 5.92. The van der Waals surface area contributed by atoms with Gasteiger partial charge in [-0.25, -0.2) is 13.8 Å². The van der Waals surface area contributed by atoms with Gasteiger partial charge in [0.15, 0.2) is 0 Å². The van der Waals surface area contributed by atoms with Crippen molar-refractivity contribution < 1.29 is 31.5 Å². The Kier molecular flexibility index (Phi) is 11.4. The minimum atomic E-state index is -4.57. The van der Waals surface area contributed by atoms with Gasteiger partial charge in [0.05, 0.1) is 25.3 Å². The molecule has 1 aliphatic rings. The molecule has 2 rings (SSSR count). The van der Waals surface area contributed by atoms with Crippen LogP contribution in [0.4, 0.5) is 22.0 Å². The fourth-order valence-electron chi connectivity index (χ4n) is 4.38. The van der Waals surface area contributed by atoms with E-state index in [-0.39, 0.29) is 30.1 Å². The highest BCUT2D eigenvalue weighted by molar-refractivity contribution is 6.18. The maximum Gasteiger partial charge on any atom is 0.417 e. The lowest BCUT2D eigenvalue weighted by Crippen LogP contribution is -2.59. The number of allylic oxidation sites excluding steroid dienone is 4. The number of aliphatic imine (C=N–C) groups is 2. The molecule has 1 amide bonds. The average Bonchev–Trinajstić information content (AvgIpc) is 2.90. The van der Waals surface area contributed by atoms with E-state index < -0.39 is 48.5 Å². The zero-order valence-corrected chi connectivity index (χ0v) is 23.2. The van der Waals surface area contributed by atoms with Gasteiger partial charge in [0, 0.05) is 38.0 Å². The minimum absolute atomic E-state index is 0.0359. The predicted octanol–water partition coefficient (Wildman–Crippen LogP) is 5.36. The number of amides is 1. The van der Waals surface area contributed by atoms with Gasteiger partial charge in [0.25, 0.3) is 11.8 Å². The minimum Gasteiger partial charge on any atom is -0.497 e. The second-order valence-corrected chi connectivity index (χ2v) is 9.36. The van der Waals surface area contributed by atoms with Crippen molar-refractivity contribution in [2.75, 3.05) is 27.2 Å². The second kappa shape index (κ2) is 14.1. The molecule has 2 unspecified atom stereocenters. The number of rotatable bonds is 10. The Labute approximate surface area is 231 Å². The van der Waals surface area contributed by atoms with Crippen LogP contribution in [0, 0.1) is 5.92 Å². The normalized spacial score (nSPS) is 21.1. The standard InChI is InChI=1S/C28H36F5N5O2/c1-6-8-20(28(31,32)33)14-36-24(7-2)37-16-23-18(3)13-27(29,30)17-38(23)26(39)25(34)22(15-35-4)19-9-11-21(40-5)12-10-19/h7-12,14-15,18,23,37H,6,13,16-17,34H2,1-5H3/b20-8+,24-7+,25-22?,35-15?,36-14-. The maximum absolute atomic E-state index is 14.7. The van der Waals surface area contributed by atoms with Crippen molar-refractivity contribution >= 4 is 23.9 Å². The summed E-state index contributed by atoms with van der Waals surface area (Å²) in [5.74, 6) is -3.94. The number of carbonyl (C=O) groups excluding carboxylic acids is 1. The monoisotopic (exact) mass is 569 g/mol. The van der Waals surface area contributed by atoms with E-state index in [0.717, 1.165) is 11.0 Å². The lowest BCUT2D eigenvalue weighted by atomic mass is 9.88. The van der Waals surface area contributed by atoms with Gasteiger partial charge in [0.1, 0.15) is 17.3 Å². The third-order valence-corrected chi connectivity index (χ3v) is 6.38. The highest BCUT2D eigenvalue weighted by Gasteiger charge is 2.46. The number of ether oxygens (including phenoxy) is 1. The van der Waals surface area contributed by atoms with Crippen LogP contribution in [0.1, 0.15) is 39.2 Å². The first-order valence-corrected chi connectivity index (χ1v) is 12.7. The predicted molar refractivity (Wildman–Crippen MR) is 147 cm³/mol. The first-order valence-electron chi connectivity index (χ1n) is 12.7. The van der Waals surface area contributed by atoms with Gasteiger partial charge in [-0.15, -0.1) is 0 Å². The van der Waals surface area contributed by atoms with Crippen LogP contribution in [0.3, 0.4) is 0 Å². The van der Waals surface area contributed by atoms with E-state index in [0.29, 0.717) is 17.5 Å². The molecule has 12 heteroatoms. The van der Waals surface area contributed by atoms with Crippen molar-refractivity contribution in [1.82, 2.24) is 10.2 Å². The summed E-state index contributed by atoms with van der Waals surface area (Å²) in [5.41, 5.74) is 5.88. The summed E-state index contributed by atoms with van der Waals surface area (Å²) in [7, 11) is 2.99. The van der Waals surface area contributed by atoms with Crippen LogP contribution >= 0.6 is 0 Å². The number of benzene rings is 1. The summed E-state index contributed by atoms with van der Waals surface area (Å²) in [5, 5.41) is 2.90. The Morgan fingerprint density at radius 2 is 1.90 bits per heavy atom. The number of carbonyl (C=O) groups is 1. The lowest BCUT2D eigenvalue weighted by Gasteiger charge is -2.43. The molecule has 0 saturated carbocycles. The Morgan fingerprint density at radius 3 is 2.42 bits per heavy atom. The summed E-state index contributed by atoms with van der Waals surface area (Å²) in [4.78, 5) is 22.5. The molecule has 0 spiro atoms. The zero-order chi connectivity index (χ0) is 30.1. The van der Waals surface area contributed by atoms with Crippen LogP contribution in [-0.4, -0.2) is 68.6 Å². The van der Waals surface area contributed by atoms with Crippen LogP contribution in [0.5, 0.6) is 5.75 Å². The highest BCUT2D eigenvalue weighted by Crippen LogP contribution is 2.35. The molecule has 1 aliphatic heterocycles. The van der Waals surface area contributed by atoms with Gasteiger partial charge in [-0.3, -0.25) is 9.79 Å². The summed E-state index contributed by atoms with van der Waals surface area (Å²) in [6.45, 7) is 3.83. The zero-order valence-electron chi connectivity index (χ0n) is 23.2. The molecule has 220 valence electrons. The number of piperidine rings is 1.